The predicted octanol–water partition coefficient (Wildman–Crippen LogP) is 3.23. The van der Waals surface area contributed by atoms with Crippen molar-refractivity contribution >= 4 is 32.0 Å². The molecule has 1 atom stereocenters. The minimum atomic E-state index is -4.77. The Morgan fingerprint density at radius 3 is 2.00 bits per heavy atom. The summed E-state index contributed by atoms with van der Waals surface area (Å²) >= 11 is 0. The third-order valence-corrected chi connectivity index (χ3v) is 10.4. The molecule has 2 aromatic rings. The number of rotatable bonds is 10. The van der Waals surface area contributed by atoms with Crippen molar-refractivity contribution in [2.24, 2.45) is 0 Å². The van der Waals surface area contributed by atoms with Gasteiger partial charge in [-0.05, 0) is 57.9 Å². The van der Waals surface area contributed by atoms with Crippen LogP contribution >= 0.6 is 0 Å². The highest BCUT2D eigenvalue weighted by molar-refractivity contribution is 7.92. The molecule has 2 aromatic carbocycles. The molecular weight excluding hydrogens is 570 g/mol. The normalized spacial score (nSPS) is 18.8. The Balaban J connectivity index is 2.04. The van der Waals surface area contributed by atoms with Gasteiger partial charge in [0, 0.05) is 6.04 Å². The highest BCUT2D eigenvalue weighted by Gasteiger charge is 2.57. The molecule has 222 valence electrons. The summed E-state index contributed by atoms with van der Waals surface area (Å²) in [4.78, 5) is 26.5. The van der Waals surface area contributed by atoms with Crippen molar-refractivity contribution in [3.63, 3.8) is 0 Å². The summed E-state index contributed by atoms with van der Waals surface area (Å²) in [7, 11) is -9.48. The molecule has 1 aliphatic carbocycles. The van der Waals surface area contributed by atoms with Crippen molar-refractivity contribution < 1.29 is 35.9 Å². The van der Waals surface area contributed by atoms with E-state index in [0.29, 0.717) is 21.7 Å². The van der Waals surface area contributed by atoms with Gasteiger partial charge in [-0.2, -0.15) is 12.8 Å². The lowest BCUT2D eigenvalue weighted by atomic mass is 9.95. The first-order chi connectivity index (χ1) is 19.5. The van der Waals surface area contributed by atoms with Crippen molar-refractivity contribution in [3.05, 3.63) is 71.6 Å². The first-order valence-corrected chi connectivity index (χ1v) is 16.5. The molecule has 4 rings (SSSR count). The number of ether oxygens (including phenoxy) is 2. The van der Waals surface area contributed by atoms with E-state index in [-0.39, 0.29) is 34.9 Å². The van der Waals surface area contributed by atoms with Crippen LogP contribution < -0.4 is 5.32 Å². The molecule has 1 saturated carbocycles. The number of nitrogens with one attached hydrogen (secondary N) is 1. The summed E-state index contributed by atoms with van der Waals surface area (Å²) < 4.78 is 68.8. The molecule has 0 spiro atoms. The number of aryl methyl sites for hydroxylation is 1. The van der Waals surface area contributed by atoms with Crippen LogP contribution in [0.1, 0.15) is 51.5 Å². The highest BCUT2D eigenvalue weighted by Crippen LogP contribution is 2.40. The summed E-state index contributed by atoms with van der Waals surface area (Å²) in [5.74, 6) is -2.48. The maximum atomic E-state index is 14.3. The van der Waals surface area contributed by atoms with Gasteiger partial charge >= 0.3 is 11.9 Å². The van der Waals surface area contributed by atoms with Crippen molar-refractivity contribution in [3.8, 4) is 0 Å². The Kier molecular flexibility index (Phi) is 9.40. The largest absolute Gasteiger partial charge is 0.464 e. The average molecular weight is 606 g/mol. The van der Waals surface area contributed by atoms with Crippen LogP contribution in [-0.4, -0.2) is 62.9 Å². The average Bonchev–Trinajstić information content (AvgIpc) is 3.31. The third-order valence-electron chi connectivity index (χ3n) is 6.90. The maximum Gasteiger partial charge on any atom is 0.340 e. The van der Waals surface area contributed by atoms with Gasteiger partial charge in [0.25, 0.3) is 20.0 Å². The fourth-order valence-corrected chi connectivity index (χ4v) is 8.31. The van der Waals surface area contributed by atoms with Crippen molar-refractivity contribution in [2.45, 2.75) is 74.7 Å². The van der Waals surface area contributed by atoms with Gasteiger partial charge in [-0.15, -0.1) is 0 Å². The number of esters is 2. The van der Waals surface area contributed by atoms with Crippen LogP contribution in [-0.2, 0) is 39.1 Å². The summed E-state index contributed by atoms with van der Waals surface area (Å²) in [6.45, 7) is 4.62. The van der Waals surface area contributed by atoms with E-state index in [1.807, 2.05) is 0 Å². The predicted molar refractivity (Wildman–Crippen MR) is 150 cm³/mol. The summed E-state index contributed by atoms with van der Waals surface area (Å²) in [6, 6.07) is 10.7. The molecule has 0 aromatic heterocycles. The Bertz CT molecular complexity index is 1500. The van der Waals surface area contributed by atoms with Gasteiger partial charge in [0.1, 0.15) is 11.4 Å². The zero-order valence-electron chi connectivity index (χ0n) is 23.3. The minimum Gasteiger partial charge on any atom is -0.464 e. The van der Waals surface area contributed by atoms with Crippen molar-refractivity contribution in [1.82, 2.24) is 14.1 Å². The molecule has 1 N–H and O–H groups in total. The fourth-order valence-electron chi connectivity index (χ4n) is 4.94. The van der Waals surface area contributed by atoms with Crippen LogP contribution in [0.15, 0.2) is 75.8 Å². The lowest BCUT2D eigenvalue weighted by Crippen LogP contribution is -2.54. The Morgan fingerprint density at radius 1 is 0.829 bits per heavy atom. The topological polar surface area (TPSA) is 139 Å². The lowest BCUT2D eigenvalue weighted by molar-refractivity contribution is -0.150. The summed E-state index contributed by atoms with van der Waals surface area (Å²) in [6.07, 6.45) is 4.03. The smallest absolute Gasteiger partial charge is 0.340 e. The molecule has 0 bridgehead atoms. The van der Waals surface area contributed by atoms with E-state index in [4.69, 9.17) is 9.47 Å². The van der Waals surface area contributed by atoms with Crippen LogP contribution in [0.3, 0.4) is 0 Å². The SMILES string of the molecule is CCOC(=O)C1=C(NC2CCCCC2)N(S(=O)(=O)c2ccccc2)N(S(=O)(=O)c2ccc(C)cc2)C1C(=O)OCC. The molecule has 0 saturated heterocycles. The fraction of sp³-hybridized carbons (Fsp3) is 0.429. The minimum absolute atomic E-state index is 0.0925. The Labute approximate surface area is 241 Å². The second-order valence-corrected chi connectivity index (χ2v) is 13.3. The van der Waals surface area contributed by atoms with Crippen LogP contribution in [0.5, 0.6) is 0 Å². The molecule has 13 heteroatoms. The van der Waals surface area contributed by atoms with Crippen molar-refractivity contribution in [2.75, 3.05) is 13.2 Å². The zero-order valence-corrected chi connectivity index (χ0v) is 24.9. The van der Waals surface area contributed by atoms with E-state index in [1.54, 1.807) is 32.0 Å². The quantitative estimate of drug-likeness (QED) is 0.404. The summed E-state index contributed by atoms with van der Waals surface area (Å²) in [5.41, 5.74) is 0.317. The van der Waals surface area contributed by atoms with Crippen LogP contribution in [0.25, 0.3) is 0 Å². The second kappa shape index (κ2) is 12.6. The van der Waals surface area contributed by atoms with Crippen molar-refractivity contribution in [1.29, 1.82) is 0 Å². The van der Waals surface area contributed by atoms with Gasteiger partial charge in [-0.3, -0.25) is 0 Å². The first-order valence-electron chi connectivity index (χ1n) is 13.6. The van der Waals surface area contributed by atoms with Crippen LogP contribution in [0.2, 0.25) is 0 Å². The second-order valence-electron chi connectivity index (χ2n) is 9.77. The zero-order chi connectivity index (χ0) is 29.8. The van der Waals surface area contributed by atoms with E-state index in [1.165, 1.54) is 43.3 Å². The van der Waals surface area contributed by atoms with E-state index in [9.17, 15) is 26.4 Å². The molecule has 1 fully saturated rings. The number of hydrogen-bond acceptors (Lipinski definition) is 9. The molecule has 11 nitrogen and oxygen atoms in total. The number of hydrazine groups is 1. The number of benzene rings is 2. The van der Waals surface area contributed by atoms with Gasteiger partial charge in [0.2, 0.25) is 0 Å². The number of carbonyl (C=O) groups excluding carboxylic acids is 2. The number of carbonyl (C=O) groups is 2. The number of hydrogen-bond donors (Lipinski definition) is 1. The van der Waals surface area contributed by atoms with Crippen LogP contribution in [0.4, 0.5) is 0 Å². The van der Waals surface area contributed by atoms with E-state index in [2.05, 4.69) is 5.32 Å². The van der Waals surface area contributed by atoms with Gasteiger partial charge in [0.15, 0.2) is 6.04 Å². The molecule has 41 heavy (non-hydrogen) atoms. The third kappa shape index (κ3) is 6.11. The molecule has 1 aliphatic heterocycles. The Hall–Kier alpha value is -3.42. The Morgan fingerprint density at radius 2 is 1.41 bits per heavy atom. The van der Waals surface area contributed by atoms with Gasteiger partial charge in [0.05, 0.1) is 23.0 Å². The van der Waals surface area contributed by atoms with Gasteiger partial charge in [-0.1, -0.05) is 59.6 Å². The number of sulfonamides is 2. The maximum absolute atomic E-state index is 14.3. The highest BCUT2D eigenvalue weighted by atomic mass is 32.2. The van der Waals surface area contributed by atoms with Gasteiger partial charge in [-0.25, -0.2) is 18.0 Å². The molecule has 0 radical (unpaired) electrons. The molecule has 2 aliphatic rings. The van der Waals surface area contributed by atoms with E-state index < -0.39 is 43.6 Å². The number of nitrogens with zero attached hydrogens (tertiary/aromatic N) is 2. The van der Waals surface area contributed by atoms with E-state index >= 15 is 0 Å². The molecule has 1 unspecified atom stereocenters. The lowest BCUT2D eigenvalue weighted by Gasteiger charge is -2.34. The molecule has 1 heterocycles. The van der Waals surface area contributed by atoms with Gasteiger partial charge < -0.3 is 14.8 Å². The molecular formula is C28H35N3O8S2. The first kappa shape index (κ1) is 30.5. The standard InChI is InChI=1S/C28H35N3O8S2/c1-4-38-27(32)24-25(28(33)39-5-2)30(40(34,35)23-18-16-20(3)17-19-23)31(26(24)29-21-12-8-6-9-13-21)41(36,37)22-14-10-7-11-15-22/h7,10-11,14-19,21,25,29H,4-6,8-9,12-13H2,1-3H3. The monoisotopic (exact) mass is 605 g/mol. The summed E-state index contributed by atoms with van der Waals surface area (Å²) in [5, 5.41) is 3.13. The molecule has 0 amide bonds. The van der Waals surface area contributed by atoms with E-state index in [0.717, 1.165) is 24.8 Å². The van der Waals surface area contributed by atoms with Crippen LogP contribution in [0, 0.1) is 6.92 Å².